The lowest BCUT2D eigenvalue weighted by molar-refractivity contribution is -0.139. The molecule has 0 saturated heterocycles. The molecule has 2 nitrogen and oxygen atoms in total. The molecule has 0 atom stereocenters. The first kappa shape index (κ1) is 15.8. The van der Waals surface area contributed by atoms with Gasteiger partial charge in [-0.3, -0.25) is 4.98 Å². The van der Waals surface area contributed by atoms with E-state index in [0.29, 0.717) is 10.9 Å². The van der Waals surface area contributed by atoms with Crippen molar-refractivity contribution in [2.75, 3.05) is 0 Å². The fourth-order valence-corrected chi connectivity index (χ4v) is 2.21. The minimum atomic E-state index is -4.45. The summed E-state index contributed by atoms with van der Waals surface area (Å²) in [6.07, 6.45) is -1.19. The molecule has 0 fully saturated rings. The van der Waals surface area contributed by atoms with Crippen molar-refractivity contribution in [2.45, 2.75) is 25.0 Å². The number of pyridine rings is 1. The Balaban J connectivity index is 2.23. The maximum atomic E-state index is 13.0. The van der Waals surface area contributed by atoms with E-state index in [1.807, 2.05) is 13.0 Å². The average molecular weight is 360 g/mol. The number of alkyl halides is 4. The first-order valence-electron chi connectivity index (χ1n) is 6.19. The maximum Gasteiger partial charge on any atom is 0.419 e. The topological polar surface area (TPSA) is 22.1 Å². The van der Waals surface area contributed by atoms with Gasteiger partial charge in [0.15, 0.2) is 0 Å². The molecule has 0 aliphatic rings. The number of benzene rings is 1. The summed E-state index contributed by atoms with van der Waals surface area (Å²) in [4.78, 5) is 3.99. The highest BCUT2D eigenvalue weighted by Gasteiger charge is 2.34. The standard InChI is InChI=1S/C15H13BrF3NO/c1-10-4-12(8-20-7-10)9-21-14-3-2-11(6-16)5-13(14)15(17,18)19/h2-5,7-8H,6,9H2,1H3. The van der Waals surface area contributed by atoms with E-state index in [9.17, 15) is 13.2 Å². The molecule has 6 heteroatoms. The number of halogens is 4. The molecular formula is C15H13BrF3NO. The monoisotopic (exact) mass is 359 g/mol. The van der Waals surface area contributed by atoms with Crippen LogP contribution in [0.1, 0.15) is 22.3 Å². The van der Waals surface area contributed by atoms with Crippen LogP contribution >= 0.6 is 15.9 Å². The van der Waals surface area contributed by atoms with Crippen LogP contribution in [0.5, 0.6) is 5.75 Å². The van der Waals surface area contributed by atoms with Crippen LogP contribution in [-0.4, -0.2) is 4.98 Å². The van der Waals surface area contributed by atoms with Crippen molar-refractivity contribution in [1.29, 1.82) is 0 Å². The van der Waals surface area contributed by atoms with Crippen molar-refractivity contribution in [1.82, 2.24) is 4.98 Å². The van der Waals surface area contributed by atoms with E-state index in [-0.39, 0.29) is 12.4 Å². The summed E-state index contributed by atoms with van der Waals surface area (Å²) < 4.78 is 44.5. The molecular weight excluding hydrogens is 347 g/mol. The Morgan fingerprint density at radius 3 is 2.52 bits per heavy atom. The zero-order valence-electron chi connectivity index (χ0n) is 11.2. The third-order valence-corrected chi connectivity index (χ3v) is 3.48. The van der Waals surface area contributed by atoms with Crippen molar-refractivity contribution < 1.29 is 17.9 Å². The molecule has 0 unspecified atom stereocenters. The van der Waals surface area contributed by atoms with Crippen LogP contribution in [0.4, 0.5) is 13.2 Å². The van der Waals surface area contributed by atoms with E-state index >= 15 is 0 Å². The van der Waals surface area contributed by atoms with Gasteiger partial charge in [-0.2, -0.15) is 13.2 Å². The molecule has 2 rings (SSSR count). The normalized spacial score (nSPS) is 11.5. The number of aromatic nitrogens is 1. The second-order valence-electron chi connectivity index (χ2n) is 4.62. The van der Waals surface area contributed by atoms with Crippen LogP contribution in [0.2, 0.25) is 0 Å². The minimum absolute atomic E-state index is 0.0470. The zero-order chi connectivity index (χ0) is 15.5. The molecule has 0 aliphatic carbocycles. The highest BCUT2D eigenvalue weighted by Crippen LogP contribution is 2.37. The molecule has 112 valence electrons. The third kappa shape index (κ3) is 4.20. The van der Waals surface area contributed by atoms with E-state index in [1.165, 1.54) is 6.07 Å². The Kier molecular flexibility index (Phi) is 4.88. The van der Waals surface area contributed by atoms with E-state index in [1.54, 1.807) is 18.5 Å². The van der Waals surface area contributed by atoms with Crippen molar-refractivity contribution in [3.8, 4) is 5.75 Å². The molecule has 21 heavy (non-hydrogen) atoms. The van der Waals surface area contributed by atoms with E-state index in [2.05, 4.69) is 20.9 Å². The van der Waals surface area contributed by atoms with Gasteiger partial charge in [0.2, 0.25) is 0 Å². The van der Waals surface area contributed by atoms with Crippen LogP contribution in [0, 0.1) is 6.92 Å². The lowest BCUT2D eigenvalue weighted by Gasteiger charge is -2.15. The minimum Gasteiger partial charge on any atom is -0.488 e. The highest BCUT2D eigenvalue weighted by atomic mass is 79.9. The molecule has 0 saturated carbocycles. The van der Waals surface area contributed by atoms with Gasteiger partial charge in [0.1, 0.15) is 12.4 Å². The lowest BCUT2D eigenvalue weighted by atomic mass is 10.1. The third-order valence-electron chi connectivity index (χ3n) is 2.83. The van der Waals surface area contributed by atoms with Crippen LogP contribution in [-0.2, 0) is 18.1 Å². The van der Waals surface area contributed by atoms with Gasteiger partial charge in [-0.05, 0) is 36.2 Å². The number of nitrogens with zero attached hydrogens (tertiary/aromatic N) is 1. The Bertz CT molecular complexity index is 629. The first-order valence-corrected chi connectivity index (χ1v) is 7.31. The second kappa shape index (κ2) is 6.47. The molecule has 1 aromatic carbocycles. The van der Waals surface area contributed by atoms with Crippen LogP contribution in [0.3, 0.4) is 0 Å². The number of hydrogen-bond donors (Lipinski definition) is 0. The fourth-order valence-electron chi connectivity index (χ4n) is 1.87. The summed E-state index contributed by atoms with van der Waals surface area (Å²) in [6.45, 7) is 1.91. The van der Waals surface area contributed by atoms with Crippen LogP contribution < -0.4 is 4.74 Å². The van der Waals surface area contributed by atoms with Crippen molar-refractivity contribution >= 4 is 15.9 Å². The van der Waals surface area contributed by atoms with E-state index in [0.717, 1.165) is 17.2 Å². The van der Waals surface area contributed by atoms with E-state index < -0.39 is 11.7 Å². The van der Waals surface area contributed by atoms with Gasteiger partial charge in [-0.1, -0.05) is 22.0 Å². The molecule has 1 aromatic heterocycles. The van der Waals surface area contributed by atoms with Gasteiger partial charge in [0.25, 0.3) is 0 Å². The Morgan fingerprint density at radius 1 is 1.14 bits per heavy atom. The summed E-state index contributed by atoms with van der Waals surface area (Å²) in [5, 5.41) is 0.359. The predicted octanol–water partition coefficient (Wildman–Crippen LogP) is 4.88. The predicted molar refractivity (Wildman–Crippen MR) is 77.4 cm³/mol. The molecule has 0 amide bonds. The fraction of sp³-hybridized carbons (Fsp3) is 0.267. The van der Waals surface area contributed by atoms with Crippen LogP contribution in [0.15, 0.2) is 36.7 Å². The lowest BCUT2D eigenvalue weighted by Crippen LogP contribution is -2.09. The maximum absolute atomic E-state index is 13.0. The van der Waals surface area contributed by atoms with Gasteiger partial charge >= 0.3 is 6.18 Å². The molecule has 0 radical (unpaired) electrons. The SMILES string of the molecule is Cc1cncc(COc2ccc(CBr)cc2C(F)(F)F)c1. The second-order valence-corrected chi connectivity index (χ2v) is 5.18. The molecule has 0 spiro atoms. The number of rotatable bonds is 4. The number of aryl methyl sites for hydroxylation is 1. The summed E-state index contributed by atoms with van der Waals surface area (Å²) >= 11 is 3.15. The molecule has 0 N–H and O–H groups in total. The van der Waals surface area contributed by atoms with Gasteiger partial charge in [0.05, 0.1) is 5.56 Å². The quantitative estimate of drug-likeness (QED) is 0.725. The average Bonchev–Trinajstić information content (AvgIpc) is 2.44. The summed E-state index contributed by atoms with van der Waals surface area (Å²) in [7, 11) is 0. The zero-order valence-corrected chi connectivity index (χ0v) is 12.8. The van der Waals surface area contributed by atoms with Crippen molar-refractivity contribution in [3.63, 3.8) is 0 Å². The van der Waals surface area contributed by atoms with Gasteiger partial charge in [-0.15, -0.1) is 0 Å². The smallest absolute Gasteiger partial charge is 0.419 e. The molecule has 0 aliphatic heterocycles. The van der Waals surface area contributed by atoms with Gasteiger partial charge in [0, 0.05) is 23.3 Å². The Hall–Kier alpha value is -1.56. The number of ether oxygens (including phenoxy) is 1. The van der Waals surface area contributed by atoms with Crippen LogP contribution in [0.25, 0.3) is 0 Å². The molecule has 0 bridgehead atoms. The Labute approximate surface area is 129 Å². The van der Waals surface area contributed by atoms with Gasteiger partial charge < -0.3 is 4.74 Å². The number of hydrogen-bond acceptors (Lipinski definition) is 2. The van der Waals surface area contributed by atoms with Crippen molar-refractivity contribution in [2.24, 2.45) is 0 Å². The summed E-state index contributed by atoms with van der Waals surface area (Å²) in [6, 6.07) is 5.88. The molecule has 1 heterocycles. The highest BCUT2D eigenvalue weighted by molar-refractivity contribution is 9.08. The Morgan fingerprint density at radius 2 is 1.90 bits per heavy atom. The largest absolute Gasteiger partial charge is 0.488 e. The van der Waals surface area contributed by atoms with Gasteiger partial charge in [-0.25, -0.2) is 0 Å². The first-order chi connectivity index (χ1) is 9.90. The summed E-state index contributed by atoms with van der Waals surface area (Å²) in [5.74, 6) is -0.172. The molecule has 2 aromatic rings. The van der Waals surface area contributed by atoms with E-state index in [4.69, 9.17) is 4.74 Å². The summed E-state index contributed by atoms with van der Waals surface area (Å²) in [5.41, 5.74) is 1.45. The van der Waals surface area contributed by atoms with Crippen molar-refractivity contribution in [3.05, 3.63) is 58.9 Å².